The first-order valence-electron chi connectivity index (χ1n) is 7.30. The van der Waals surface area contributed by atoms with Gasteiger partial charge in [0.05, 0.1) is 0 Å². The average molecular weight is 308 g/mol. The van der Waals surface area contributed by atoms with Crippen molar-refractivity contribution < 1.29 is 12.8 Å². The first kappa shape index (κ1) is 14.6. The quantitative estimate of drug-likeness (QED) is 0.922. The molecule has 0 spiro atoms. The molecule has 2 heterocycles. The van der Waals surface area contributed by atoms with Crippen molar-refractivity contribution in [3.63, 3.8) is 0 Å². The summed E-state index contributed by atoms with van der Waals surface area (Å²) in [5, 5.41) is 1.04. The van der Waals surface area contributed by atoms with E-state index < -0.39 is 10.2 Å². The zero-order valence-electron chi connectivity index (χ0n) is 12.1. The molecule has 3 rings (SSSR count). The third kappa shape index (κ3) is 3.12. The molecule has 1 aromatic heterocycles. The number of hydrogen-bond acceptors (Lipinski definition) is 3. The number of nitrogens with one attached hydrogen (secondary N) is 1. The van der Waals surface area contributed by atoms with E-state index in [1.54, 1.807) is 4.31 Å². The fourth-order valence-electron chi connectivity index (χ4n) is 2.81. The molecule has 1 saturated heterocycles. The molecule has 0 bridgehead atoms. The summed E-state index contributed by atoms with van der Waals surface area (Å²) in [5.41, 5.74) is 0.837. The lowest BCUT2D eigenvalue weighted by Crippen LogP contribution is -2.43. The van der Waals surface area contributed by atoms with Gasteiger partial charge in [0.2, 0.25) is 0 Å². The predicted molar refractivity (Wildman–Crippen MR) is 82.2 cm³/mol. The number of para-hydroxylation sites is 1. The van der Waals surface area contributed by atoms with Crippen molar-refractivity contribution in [3.8, 4) is 0 Å². The van der Waals surface area contributed by atoms with Crippen molar-refractivity contribution in [1.82, 2.24) is 9.03 Å². The SMILES string of the molecule is CC1CCCN1S(=O)(=O)NCCc1cc2ccccc2o1. The van der Waals surface area contributed by atoms with E-state index in [1.807, 2.05) is 37.3 Å². The smallest absolute Gasteiger partial charge is 0.279 e. The zero-order valence-corrected chi connectivity index (χ0v) is 12.9. The minimum atomic E-state index is -3.37. The van der Waals surface area contributed by atoms with Gasteiger partial charge in [-0.1, -0.05) is 18.2 Å². The molecule has 1 aliphatic heterocycles. The second kappa shape index (κ2) is 5.79. The van der Waals surface area contributed by atoms with Crippen molar-refractivity contribution in [2.75, 3.05) is 13.1 Å². The van der Waals surface area contributed by atoms with E-state index in [9.17, 15) is 8.42 Å². The van der Waals surface area contributed by atoms with Gasteiger partial charge < -0.3 is 4.42 Å². The Balaban J connectivity index is 1.60. The van der Waals surface area contributed by atoms with Gasteiger partial charge in [-0.05, 0) is 31.9 Å². The molecule has 114 valence electrons. The first-order chi connectivity index (χ1) is 10.1. The van der Waals surface area contributed by atoms with Gasteiger partial charge in [-0.2, -0.15) is 12.7 Å². The molecule has 1 aliphatic rings. The Morgan fingerprint density at radius 1 is 1.38 bits per heavy atom. The van der Waals surface area contributed by atoms with Crippen LogP contribution in [0.4, 0.5) is 0 Å². The highest BCUT2D eigenvalue weighted by Crippen LogP contribution is 2.20. The van der Waals surface area contributed by atoms with Crippen molar-refractivity contribution in [3.05, 3.63) is 36.1 Å². The van der Waals surface area contributed by atoms with Crippen LogP contribution in [0.3, 0.4) is 0 Å². The van der Waals surface area contributed by atoms with Crippen LogP contribution in [0.25, 0.3) is 11.0 Å². The molecule has 1 fully saturated rings. The molecular formula is C15H20N2O3S. The summed E-state index contributed by atoms with van der Waals surface area (Å²) in [5.74, 6) is 0.799. The number of nitrogens with zero attached hydrogens (tertiary/aromatic N) is 1. The third-order valence-corrected chi connectivity index (χ3v) is 5.66. The van der Waals surface area contributed by atoms with E-state index in [0.717, 1.165) is 29.6 Å². The molecule has 1 unspecified atom stereocenters. The Morgan fingerprint density at radius 2 is 2.19 bits per heavy atom. The Kier molecular flexibility index (Phi) is 4.01. The molecule has 1 N–H and O–H groups in total. The molecule has 5 nitrogen and oxygen atoms in total. The topological polar surface area (TPSA) is 62.6 Å². The van der Waals surface area contributed by atoms with E-state index in [2.05, 4.69) is 4.72 Å². The van der Waals surface area contributed by atoms with Gasteiger partial charge >= 0.3 is 0 Å². The largest absolute Gasteiger partial charge is 0.461 e. The van der Waals surface area contributed by atoms with E-state index in [0.29, 0.717) is 19.5 Å². The van der Waals surface area contributed by atoms with E-state index >= 15 is 0 Å². The Morgan fingerprint density at radius 3 is 2.90 bits per heavy atom. The van der Waals surface area contributed by atoms with Crippen LogP contribution >= 0.6 is 0 Å². The van der Waals surface area contributed by atoms with Gasteiger partial charge in [0, 0.05) is 30.9 Å². The van der Waals surface area contributed by atoms with E-state index in [4.69, 9.17) is 4.42 Å². The minimum Gasteiger partial charge on any atom is -0.461 e. The maximum absolute atomic E-state index is 12.2. The van der Waals surface area contributed by atoms with Gasteiger partial charge in [-0.25, -0.2) is 4.72 Å². The van der Waals surface area contributed by atoms with Crippen LogP contribution in [0.1, 0.15) is 25.5 Å². The summed E-state index contributed by atoms with van der Waals surface area (Å²) in [7, 11) is -3.37. The standard InChI is InChI=1S/C15H20N2O3S/c1-12-5-4-10-17(12)21(18,19)16-9-8-14-11-13-6-2-3-7-15(13)20-14/h2-3,6-7,11-12,16H,4-5,8-10H2,1H3. The van der Waals surface area contributed by atoms with Crippen molar-refractivity contribution in [2.45, 2.75) is 32.2 Å². The highest BCUT2D eigenvalue weighted by atomic mass is 32.2. The van der Waals surface area contributed by atoms with Gasteiger partial charge in [0.1, 0.15) is 11.3 Å². The lowest BCUT2D eigenvalue weighted by Gasteiger charge is -2.20. The van der Waals surface area contributed by atoms with Crippen molar-refractivity contribution >= 4 is 21.2 Å². The number of rotatable bonds is 5. The fraction of sp³-hybridized carbons (Fsp3) is 0.467. The maximum Gasteiger partial charge on any atom is 0.279 e. The summed E-state index contributed by atoms with van der Waals surface area (Å²) in [4.78, 5) is 0. The van der Waals surface area contributed by atoms with Crippen LogP contribution < -0.4 is 4.72 Å². The van der Waals surface area contributed by atoms with E-state index in [-0.39, 0.29) is 6.04 Å². The molecule has 0 aliphatic carbocycles. The summed E-state index contributed by atoms with van der Waals surface area (Å²) >= 11 is 0. The fourth-order valence-corrected chi connectivity index (χ4v) is 4.28. The molecule has 0 saturated carbocycles. The Bertz CT molecular complexity index is 690. The van der Waals surface area contributed by atoms with Crippen molar-refractivity contribution in [1.29, 1.82) is 0 Å². The monoisotopic (exact) mass is 308 g/mol. The Hall–Kier alpha value is -1.37. The maximum atomic E-state index is 12.2. The van der Waals surface area contributed by atoms with Crippen LogP contribution in [-0.2, 0) is 16.6 Å². The molecule has 1 atom stereocenters. The average Bonchev–Trinajstić information content (AvgIpc) is 3.04. The molecule has 6 heteroatoms. The molecule has 0 radical (unpaired) electrons. The predicted octanol–water partition coefficient (Wildman–Crippen LogP) is 2.29. The lowest BCUT2D eigenvalue weighted by atomic mass is 10.2. The lowest BCUT2D eigenvalue weighted by molar-refractivity contribution is 0.400. The summed E-state index contributed by atoms with van der Waals surface area (Å²) in [6.07, 6.45) is 2.42. The second-order valence-electron chi connectivity index (χ2n) is 5.50. The van der Waals surface area contributed by atoms with Gasteiger partial charge in [-0.15, -0.1) is 0 Å². The second-order valence-corrected chi connectivity index (χ2v) is 7.21. The van der Waals surface area contributed by atoms with Crippen LogP contribution in [0, 0.1) is 0 Å². The van der Waals surface area contributed by atoms with Gasteiger partial charge in [-0.3, -0.25) is 0 Å². The number of fused-ring (bicyclic) bond motifs is 1. The summed E-state index contributed by atoms with van der Waals surface area (Å²) < 4.78 is 34.3. The number of hydrogen-bond donors (Lipinski definition) is 1. The highest BCUT2D eigenvalue weighted by molar-refractivity contribution is 7.87. The molecular weight excluding hydrogens is 288 g/mol. The van der Waals surface area contributed by atoms with Crippen LogP contribution in [-0.4, -0.2) is 31.9 Å². The van der Waals surface area contributed by atoms with Gasteiger partial charge in [0.15, 0.2) is 0 Å². The molecule has 2 aromatic rings. The van der Waals surface area contributed by atoms with Crippen molar-refractivity contribution in [2.24, 2.45) is 0 Å². The summed E-state index contributed by atoms with van der Waals surface area (Å²) in [6.45, 7) is 2.91. The number of benzene rings is 1. The number of furan rings is 1. The highest BCUT2D eigenvalue weighted by Gasteiger charge is 2.30. The molecule has 1 aromatic carbocycles. The van der Waals surface area contributed by atoms with Crippen LogP contribution in [0.15, 0.2) is 34.7 Å². The Labute approximate surface area is 125 Å². The third-order valence-electron chi connectivity index (χ3n) is 3.93. The molecule has 0 amide bonds. The normalized spacial score (nSPS) is 20.3. The van der Waals surface area contributed by atoms with Gasteiger partial charge in [0.25, 0.3) is 10.2 Å². The van der Waals surface area contributed by atoms with Crippen LogP contribution in [0.2, 0.25) is 0 Å². The minimum absolute atomic E-state index is 0.0914. The van der Waals surface area contributed by atoms with E-state index in [1.165, 1.54) is 0 Å². The molecule has 21 heavy (non-hydrogen) atoms. The zero-order chi connectivity index (χ0) is 14.9. The van der Waals surface area contributed by atoms with Crippen LogP contribution in [0.5, 0.6) is 0 Å². The summed E-state index contributed by atoms with van der Waals surface area (Å²) in [6, 6.07) is 9.83. The first-order valence-corrected chi connectivity index (χ1v) is 8.74.